The van der Waals surface area contributed by atoms with Gasteiger partial charge in [-0.15, -0.1) is 0 Å². The first kappa shape index (κ1) is 21.4. The van der Waals surface area contributed by atoms with Crippen molar-refractivity contribution in [1.29, 1.82) is 5.26 Å². The van der Waals surface area contributed by atoms with E-state index in [4.69, 9.17) is 5.26 Å². The highest BCUT2D eigenvalue weighted by Gasteiger charge is 2.27. The average Bonchev–Trinajstić information content (AvgIpc) is 3.13. The highest BCUT2D eigenvalue weighted by molar-refractivity contribution is 7.93. The zero-order chi connectivity index (χ0) is 22.1. The molecule has 0 saturated heterocycles. The summed E-state index contributed by atoms with van der Waals surface area (Å²) >= 11 is 0. The van der Waals surface area contributed by atoms with Crippen molar-refractivity contribution in [2.75, 3.05) is 4.72 Å². The van der Waals surface area contributed by atoms with Crippen molar-refractivity contribution in [2.24, 2.45) is 0 Å². The van der Waals surface area contributed by atoms with Crippen molar-refractivity contribution in [3.8, 4) is 6.07 Å². The molecule has 3 rings (SSSR count). The summed E-state index contributed by atoms with van der Waals surface area (Å²) in [5.74, 6) is -3.46. The van der Waals surface area contributed by atoms with Gasteiger partial charge in [-0.2, -0.15) is 5.26 Å². The smallest absolute Gasteiger partial charge is 0.235 e. The van der Waals surface area contributed by atoms with Crippen molar-refractivity contribution in [1.82, 2.24) is 9.97 Å². The molecular formula is C20H18F2N4O3S. The molecule has 0 aliphatic rings. The van der Waals surface area contributed by atoms with Crippen LogP contribution >= 0.6 is 0 Å². The number of benzene rings is 1. The number of hydrogen-bond acceptors (Lipinski definition) is 5. The molecule has 1 aromatic carbocycles. The molecule has 2 aromatic heterocycles. The number of carbonyl (C=O) groups excluding carboxylic acids is 1. The number of carbonyl (C=O) groups is 1. The number of fused-ring (bicyclic) bond motifs is 1. The second-order valence-corrected chi connectivity index (χ2v) is 8.89. The molecule has 156 valence electrons. The minimum atomic E-state index is -3.93. The van der Waals surface area contributed by atoms with Gasteiger partial charge in [-0.05, 0) is 31.5 Å². The Morgan fingerprint density at radius 2 is 2.10 bits per heavy atom. The minimum Gasteiger partial charge on any atom is -0.345 e. The van der Waals surface area contributed by atoms with Crippen LogP contribution in [0.1, 0.15) is 48.2 Å². The van der Waals surface area contributed by atoms with E-state index in [0.717, 1.165) is 12.1 Å². The maximum atomic E-state index is 15.0. The highest BCUT2D eigenvalue weighted by atomic mass is 32.2. The summed E-state index contributed by atoms with van der Waals surface area (Å²) in [6, 6.07) is 5.02. The SMILES string of the molecule is CCCC(C)S(=O)(=O)Nc1ccc(F)c(C(=O)c2c[nH]c3ncc(C#N)cc23)c1F. The second-order valence-electron chi connectivity index (χ2n) is 6.79. The molecule has 0 amide bonds. The van der Waals surface area contributed by atoms with Crippen molar-refractivity contribution < 1.29 is 22.0 Å². The standard InChI is InChI=1S/C20H18F2N4O3S/c1-3-4-11(2)30(28,29)26-16-6-5-15(21)17(18(16)22)19(27)14-10-25-20-13(14)7-12(8-23)9-24-20/h5-7,9-11,26H,3-4H2,1-2H3,(H,24,25). The van der Waals surface area contributed by atoms with E-state index >= 15 is 4.39 Å². The summed E-state index contributed by atoms with van der Waals surface area (Å²) in [7, 11) is -3.93. The first-order valence-corrected chi connectivity index (χ1v) is 10.7. The molecule has 2 N–H and O–H groups in total. The van der Waals surface area contributed by atoms with Crippen LogP contribution in [-0.2, 0) is 10.0 Å². The van der Waals surface area contributed by atoms with Gasteiger partial charge in [-0.1, -0.05) is 13.3 Å². The van der Waals surface area contributed by atoms with E-state index in [-0.39, 0.29) is 22.2 Å². The van der Waals surface area contributed by atoms with Crippen LogP contribution in [0, 0.1) is 23.0 Å². The van der Waals surface area contributed by atoms with Gasteiger partial charge in [0.2, 0.25) is 15.8 Å². The van der Waals surface area contributed by atoms with Crippen molar-refractivity contribution >= 4 is 32.5 Å². The Balaban J connectivity index is 2.06. The Kier molecular flexibility index (Phi) is 5.85. The zero-order valence-electron chi connectivity index (χ0n) is 16.2. The highest BCUT2D eigenvalue weighted by Crippen LogP contribution is 2.28. The van der Waals surface area contributed by atoms with E-state index in [1.807, 2.05) is 13.0 Å². The molecule has 1 unspecified atom stereocenters. The summed E-state index contributed by atoms with van der Waals surface area (Å²) in [5.41, 5.74) is -1.07. The third kappa shape index (κ3) is 3.89. The molecule has 0 aliphatic carbocycles. The van der Waals surface area contributed by atoms with Gasteiger partial charge in [0, 0.05) is 23.3 Å². The molecule has 30 heavy (non-hydrogen) atoms. The van der Waals surface area contributed by atoms with Crippen LogP contribution < -0.4 is 4.72 Å². The summed E-state index contributed by atoms with van der Waals surface area (Å²) in [6.07, 6.45) is 3.49. The Hall–Kier alpha value is -3.32. The second kappa shape index (κ2) is 8.20. The maximum absolute atomic E-state index is 15.0. The molecule has 0 fully saturated rings. The molecule has 0 aliphatic heterocycles. The molecule has 7 nitrogen and oxygen atoms in total. The quantitative estimate of drug-likeness (QED) is 0.550. The molecule has 0 spiro atoms. The molecular weight excluding hydrogens is 414 g/mol. The zero-order valence-corrected chi connectivity index (χ0v) is 17.0. The Bertz CT molecular complexity index is 1280. The number of nitriles is 1. The van der Waals surface area contributed by atoms with E-state index < -0.39 is 43.9 Å². The van der Waals surface area contributed by atoms with Crippen LogP contribution in [0.3, 0.4) is 0 Å². The van der Waals surface area contributed by atoms with Gasteiger partial charge in [0.15, 0.2) is 5.82 Å². The van der Waals surface area contributed by atoms with Crippen LogP contribution in [0.25, 0.3) is 11.0 Å². The van der Waals surface area contributed by atoms with E-state index in [0.29, 0.717) is 12.8 Å². The fourth-order valence-corrected chi connectivity index (χ4v) is 4.25. The third-order valence-corrected chi connectivity index (χ3v) is 6.50. The van der Waals surface area contributed by atoms with Crippen molar-refractivity contribution in [3.05, 3.63) is 58.9 Å². The van der Waals surface area contributed by atoms with Gasteiger partial charge in [0.05, 0.1) is 22.1 Å². The predicted octanol–water partition coefficient (Wildman–Crippen LogP) is 3.87. The van der Waals surface area contributed by atoms with E-state index in [1.165, 1.54) is 25.4 Å². The lowest BCUT2D eigenvalue weighted by molar-refractivity contribution is 0.103. The lowest BCUT2D eigenvalue weighted by Gasteiger charge is -2.15. The van der Waals surface area contributed by atoms with Crippen LogP contribution in [0.2, 0.25) is 0 Å². The number of aromatic nitrogens is 2. The lowest BCUT2D eigenvalue weighted by atomic mass is 10.0. The Labute approximate surface area is 171 Å². The van der Waals surface area contributed by atoms with Crippen molar-refractivity contribution in [2.45, 2.75) is 31.9 Å². The maximum Gasteiger partial charge on any atom is 0.235 e. The molecule has 10 heteroatoms. The van der Waals surface area contributed by atoms with E-state index in [2.05, 4.69) is 14.7 Å². The van der Waals surface area contributed by atoms with Crippen LogP contribution in [-0.4, -0.2) is 29.4 Å². The van der Waals surface area contributed by atoms with Crippen LogP contribution in [0.15, 0.2) is 30.6 Å². The third-order valence-electron chi connectivity index (χ3n) is 4.70. The molecule has 0 bridgehead atoms. The van der Waals surface area contributed by atoms with Gasteiger partial charge in [-0.3, -0.25) is 9.52 Å². The van der Waals surface area contributed by atoms with E-state index in [1.54, 1.807) is 0 Å². The topological polar surface area (TPSA) is 116 Å². The average molecular weight is 432 g/mol. The van der Waals surface area contributed by atoms with E-state index in [9.17, 15) is 17.6 Å². The lowest BCUT2D eigenvalue weighted by Crippen LogP contribution is -2.26. The van der Waals surface area contributed by atoms with Gasteiger partial charge in [0.1, 0.15) is 17.5 Å². The van der Waals surface area contributed by atoms with Crippen LogP contribution in [0.4, 0.5) is 14.5 Å². The molecule has 0 radical (unpaired) electrons. The normalized spacial score (nSPS) is 12.5. The number of aromatic amines is 1. The number of halogens is 2. The van der Waals surface area contributed by atoms with Gasteiger partial charge >= 0.3 is 0 Å². The number of sulfonamides is 1. The number of H-pyrrole nitrogens is 1. The first-order chi connectivity index (χ1) is 14.2. The largest absolute Gasteiger partial charge is 0.345 e. The fourth-order valence-electron chi connectivity index (χ4n) is 3.04. The summed E-state index contributed by atoms with van der Waals surface area (Å²) in [4.78, 5) is 19.6. The number of hydrogen-bond donors (Lipinski definition) is 2. The number of ketones is 1. The van der Waals surface area contributed by atoms with Gasteiger partial charge in [0.25, 0.3) is 0 Å². The Morgan fingerprint density at radius 3 is 2.77 bits per heavy atom. The fraction of sp³-hybridized carbons (Fsp3) is 0.250. The summed E-state index contributed by atoms with van der Waals surface area (Å²) < 4.78 is 56.3. The first-order valence-electron chi connectivity index (χ1n) is 9.11. The monoisotopic (exact) mass is 432 g/mol. The number of pyridine rings is 1. The van der Waals surface area contributed by atoms with Gasteiger partial charge < -0.3 is 4.98 Å². The Morgan fingerprint density at radius 1 is 1.37 bits per heavy atom. The van der Waals surface area contributed by atoms with Crippen LogP contribution in [0.5, 0.6) is 0 Å². The number of nitrogens with one attached hydrogen (secondary N) is 2. The minimum absolute atomic E-state index is 0.0910. The number of rotatable bonds is 7. The summed E-state index contributed by atoms with van der Waals surface area (Å²) in [5, 5.41) is 8.45. The molecule has 3 aromatic rings. The summed E-state index contributed by atoms with van der Waals surface area (Å²) in [6.45, 7) is 3.29. The van der Waals surface area contributed by atoms with Crippen molar-refractivity contribution in [3.63, 3.8) is 0 Å². The molecule has 1 atom stereocenters. The molecule has 2 heterocycles. The number of nitrogens with zero attached hydrogens (tertiary/aromatic N) is 2. The molecule has 0 saturated carbocycles. The van der Waals surface area contributed by atoms with Gasteiger partial charge in [-0.25, -0.2) is 22.2 Å². The predicted molar refractivity (Wildman–Crippen MR) is 108 cm³/mol. The number of anilines is 1.